The third-order valence-corrected chi connectivity index (χ3v) is 6.31. The number of hydrogen-bond acceptors (Lipinski definition) is 2. The summed E-state index contributed by atoms with van der Waals surface area (Å²) in [6, 6.07) is 6.05. The van der Waals surface area contributed by atoms with Crippen molar-refractivity contribution in [2.75, 3.05) is 5.75 Å². The molecular weight excluding hydrogens is 325 g/mol. The summed E-state index contributed by atoms with van der Waals surface area (Å²) >= 11 is 13.5. The van der Waals surface area contributed by atoms with Gasteiger partial charge in [-0.3, -0.25) is 4.79 Å². The highest BCUT2D eigenvalue weighted by Crippen LogP contribution is 2.44. The number of benzene rings is 1. The van der Waals surface area contributed by atoms with Gasteiger partial charge in [-0.15, -0.1) is 11.8 Å². The molecule has 2 fully saturated rings. The van der Waals surface area contributed by atoms with Crippen LogP contribution in [0.25, 0.3) is 0 Å². The Morgan fingerprint density at radius 3 is 2.76 bits per heavy atom. The van der Waals surface area contributed by atoms with Gasteiger partial charge in [0.2, 0.25) is 5.91 Å². The molecule has 1 aromatic rings. The lowest BCUT2D eigenvalue weighted by Gasteiger charge is -2.22. The molecule has 2 saturated carbocycles. The van der Waals surface area contributed by atoms with Gasteiger partial charge < -0.3 is 5.32 Å². The Kier molecular flexibility index (Phi) is 5.03. The monoisotopic (exact) mass is 343 g/mol. The van der Waals surface area contributed by atoms with Gasteiger partial charge in [-0.05, 0) is 48.8 Å². The van der Waals surface area contributed by atoms with Crippen molar-refractivity contribution in [2.45, 2.75) is 37.5 Å². The van der Waals surface area contributed by atoms with Gasteiger partial charge in [-0.1, -0.05) is 35.7 Å². The molecule has 3 atom stereocenters. The van der Waals surface area contributed by atoms with E-state index in [4.69, 9.17) is 23.2 Å². The number of thioether (sulfide) groups is 1. The smallest absolute Gasteiger partial charge is 0.230 e. The summed E-state index contributed by atoms with van der Waals surface area (Å²) in [5.74, 6) is 3.05. The van der Waals surface area contributed by atoms with Gasteiger partial charge in [0, 0.05) is 11.8 Å². The highest BCUT2D eigenvalue weighted by Gasteiger charge is 2.39. The van der Waals surface area contributed by atoms with Crippen LogP contribution in [0.4, 0.5) is 0 Å². The van der Waals surface area contributed by atoms with Gasteiger partial charge in [-0.25, -0.2) is 0 Å². The molecule has 1 amide bonds. The molecule has 2 aliphatic rings. The maximum absolute atomic E-state index is 12.0. The van der Waals surface area contributed by atoms with Gasteiger partial charge in [0.1, 0.15) is 0 Å². The number of fused-ring (bicyclic) bond motifs is 2. The van der Waals surface area contributed by atoms with Crippen molar-refractivity contribution < 1.29 is 4.79 Å². The van der Waals surface area contributed by atoms with Gasteiger partial charge in [-0.2, -0.15) is 0 Å². The second-order valence-electron chi connectivity index (χ2n) is 6.09. The van der Waals surface area contributed by atoms with Crippen LogP contribution in [-0.4, -0.2) is 17.7 Å². The van der Waals surface area contributed by atoms with E-state index < -0.39 is 0 Å². The predicted octanol–water partition coefficient (Wildman–Crippen LogP) is 4.53. The van der Waals surface area contributed by atoms with Crippen molar-refractivity contribution in [3.63, 3.8) is 0 Å². The molecule has 0 aliphatic heterocycles. The SMILES string of the molecule is O=C(CSCc1ccc(Cl)c(Cl)c1)N[C@H]1C[C@H]2CC[C@H]1C2. The van der Waals surface area contributed by atoms with Crippen molar-refractivity contribution >= 4 is 40.9 Å². The molecule has 0 radical (unpaired) electrons. The molecule has 0 unspecified atom stereocenters. The molecule has 1 aromatic carbocycles. The van der Waals surface area contributed by atoms with E-state index in [1.54, 1.807) is 17.8 Å². The Morgan fingerprint density at radius 1 is 1.24 bits per heavy atom. The van der Waals surface area contributed by atoms with Crippen molar-refractivity contribution in [3.05, 3.63) is 33.8 Å². The molecule has 5 heteroatoms. The minimum absolute atomic E-state index is 0.164. The number of carbonyl (C=O) groups excluding carboxylic acids is 1. The lowest BCUT2D eigenvalue weighted by molar-refractivity contribution is -0.119. The topological polar surface area (TPSA) is 29.1 Å². The summed E-state index contributed by atoms with van der Waals surface area (Å²) in [4.78, 5) is 12.0. The maximum Gasteiger partial charge on any atom is 0.230 e. The number of carbonyl (C=O) groups is 1. The summed E-state index contributed by atoms with van der Waals surface area (Å²) < 4.78 is 0. The van der Waals surface area contributed by atoms with E-state index in [-0.39, 0.29) is 5.91 Å². The number of halogens is 2. The average molecular weight is 344 g/mol. The highest BCUT2D eigenvalue weighted by atomic mass is 35.5. The van der Waals surface area contributed by atoms with Crippen LogP contribution in [0.15, 0.2) is 18.2 Å². The molecule has 114 valence electrons. The summed E-state index contributed by atoms with van der Waals surface area (Å²) in [7, 11) is 0. The quantitative estimate of drug-likeness (QED) is 0.850. The van der Waals surface area contributed by atoms with Crippen molar-refractivity contribution in [1.29, 1.82) is 0 Å². The number of amides is 1. The van der Waals surface area contributed by atoms with E-state index in [1.165, 1.54) is 25.7 Å². The molecule has 2 aliphatic carbocycles. The Bertz CT molecular complexity index is 537. The van der Waals surface area contributed by atoms with E-state index in [0.717, 1.165) is 23.2 Å². The molecule has 0 heterocycles. The first-order chi connectivity index (χ1) is 10.1. The second kappa shape index (κ2) is 6.80. The third-order valence-electron chi connectivity index (χ3n) is 4.57. The van der Waals surface area contributed by atoms with Gasteiger partial charge in [0.15, 0.2) is 0 Å². The van der Waals surface area contributed by atoms with Crippen LogP contribution in [0.3, 0.4) is 0 Å². The molecule has 1 N–H and O–H groups in total. The summed E-state index contributed by atoms with van der Waals surface area (Å²) in [6.07, 6.45) is 5.17. The Labute approximate surface area is 140 Å². The second-order valence-corrected chi connectivity index (χ2v) is 7.89. The van der Waals surface area contributed by atoms with E-state index in [1.807, 2.05) is 12.1 Å². The predicted molar refractivity (Wildman–Crippen MR) is 90.0 cm³/mol. The van der Waals surface area contributed by atoms with Crippen LogP contribution in [0.2, 0.25) is 10.0 Å². The normalized spacial score (nSPS) is 27.0. The fourth-order valence-corrected chi connectivity index (χ4v) is 4.67. The lowest BCUT2D eigenvalue weighted by atomic mass is 9.95. The minimum Gasteiger partial charge on any atom is -0.352 e. The molecule has 0 spiro atoms. The molecule has 21 heavy (non-hydrogen) atoms. The Hall–Kier alpha value is -0.380. The summed E-state index contributed by atoms with van der Waals surface area (Å²) in [5, 5.41) is 4.35. The highest BCUT2D eigenvalue weighted by molar-refractivity contribution is 7.99. The first-order valence-electron chi connectivity index (χ1n) is 7.43. The molecule has 0 aromatic heterocycles. The summed E-state index contributed by atoms with van der Waals surface area (Å²) in [6.45, 7) is 0. The van der Waals surface area contributed by atoms with Crippen LogP contribution in [0.5, 0.6) is 0 Å². The van der Waals surface area contributed by atoms with Crippen LogP contribution in [0.1, 0.15) is 31.2 Å². The Balaban J connectivity index is 1.40. The van der Waals surface area contributed by atoms with Gasteiger partial charge in [0.05, 0.1) is 15.8 Å². The standard InChI is InChI=1S/C16H19Cl2NOS/c17-13-4-2-11(6-14(13)18)8-21-9-16(20)19-15-7-10-1-3-12(15)5-10/h2,4,6,10,12,15H,1,3,5,7-9H2,(H,19,20)/t10-,12-,15-/m0/s1. The first-order valence-corrected chi connectivity index (χ1v) is 9.34. The van der Waals surface area contributed by atoms with Crippen LogP contribution >= 0.6 is 35.0 Å². The molecule has 0 saturated heterocycles. The fourth-order valence-electron chi connectivity index (χ4n) is 3.56. The van der Waals surface area contributed by atoms with Crippen LogP contribution < -0.4 is 5.32 Å². The molecule has 3 rings (SSSR count). The van der Waals surface area contributed by atoms with Crippen molar-refractivity contribution in [3.8, 4) is 0 Å². The Morgan fingerprint density at radius 2 is 2.10 bits per heavy atom. The average Bonchev–Trinajstić information content (AvgIpc) is 3.05. The summed E-state index contributed by atoms with van der Waals surface area (Å²) in [5.41, 5.74) is 1.10. The number of hydrogen-bond donors (Lipinski definition) is 1. The maximum atomic E-state index is 12.0. The minimum atomic E-state index is 0.164. The molecule has 2 nitrogen and oxygen atoms in total. The van der Waals surface area contributed by atoms with E-state index in [2.05, 4.69) is 5.32 Å². The van der Waals surface area contributed by atoms with E-state index in [0.29, 0.717) is 21.8 Å². The van der Waals surface area contributed by atoms with Gasteiger partial charge >= 0.3 is 0 Å². The lowest BCUT2D eigenvalue weighted by Crippen LogP contribution is -2.39. The van der Waals surface area contributed by atoms with E-state index in [9.17, 15) is 4.79 Å². The largest absolute Gasteiger partial charge is 0.352 e. The zero-order valence-corrected chi connectivity index (χ0v) is 14.1. The zero-order chi connectivity index (χ0) is 14.8. The zero-order valence-electron chi connectivity index (χ0n) is 11.8. The van der Waals surface area contributed by atoms with Crippen LogP contribution in [-0.2, 0) is 10.5 Å². The molecular formula is C16H19Cl2NOS. The van der Waals surface area contributed by atoms with E-state index >= 15 is 0 Å². The third kappa shape index (κ3) is 3.88. The van der Waals surface area contributed by atoms with Gasteiger partial charge in [0.25, 0.3) is 0 Å². The number of rotatable bonds is 5. The first kappa shape index (κ1) is 15.5. The fraction of sp³-hybridized carbons (Fsp3) is 0.562. The van der Waals surface area contributed by atoms with Crippen molar-refractivity contribution in [1.82, 2.24) is 5.32 Å². The van der Waals surface area contributed by atoms with Crippen LogP contribution in [0, 0.1) is 11.8 Å². The number of nitrogens with one attached hydrogen (secondary N) is 1. The van der Waals surface area contributed by atoms with Crippen molar-refractivity contribution in [2.24, 2.45) is 11.8 Å². The molecule has 2 bridgehead atoms.